The lowest BCUT2D eigenvalue weighted by atomic mass is 9.95. The highest BCUT2D eigenvalue weighted by Crippen LogP contribution is 2.33. The molecule has 2 fully saturated rings. The van der Waals surface area contributed by atoms with Crippen molar-refractivity contribution in [3.05, 3.63) is 15.6 Å². The van der Waals surface area contributed by atoms with Gasteiger partial charge in [0.25, 0.3) is 0 Å². The molecule has 23 heavy (non-hydrogen) atoms. The van der Waals surface area contributed by atoms with Crippen LogP contribution in [-0.2, 0) is 24.1 Å². The third kappa shape index (κ3) is 3.11. The Morgan fingerprint density at radius 1 is 1.22 bits per heavy atom. The fourth-order valence-electron chi connectivity index (χ4n) is 4.10. The van der Waals surface area contributed by atoms with Crippen LogP contribution in [0.2, 0.25) is 0 Å². The maximum atomic E-state index is 11.7. The molecule has 1 aromatic heterocycles. The molecule has 6 heteroatoms. The Hall–Kier alpha value is -1.14. The molecule has 3 aliphatic rings. The van der Waals surface area contributed by atoms with Crippen LogP contribution in [0.1, 0.15) is 47.7 Å². The normalized spacial score (nSPS) is 28.7. The van der Waals surface area contributed by atoms with Crippen LogP contribution in [0.25, 0.3) is 0 Å². The minimum absolute atomic E-state index is 0.161. The van der Waals surface area contributed by atoms with E-state index in [0.717, 1.165) is 51.9 Å². The van der Waals surface area contributed by atoms with Gasteiger partial charge in [0.1, 0.15) is 10.6 Å². The van der Waals surface area contributed by atoms with E-state index in [1.54, 1.807) is 4.90 Å². The zero-order valence-corrected chi connectivity index (χ0v) is 14.7. The number of hydrogen-bond acceptors (Lipinski definition) is 5. The van der Waals surface area contributed by atoms with Crippen molar-refractivity contribution >= 4 is 17.4 Å². The summed E-state index contributed by atoms with van der Waals surface area (Å²) in [4.78, 5) is 22.3. The summed E-state index contributed by atoms with van der Waals surface area (Å²) in [5.74, 6) is 0. The number of aromatic nitrogens is 1. The number of hydrogen-bond donors (Lipinski definition) is 0. The average molecular weight is 335 g/mol. The third-order valence-electron chi connectivity index (χ3n) is 5.38. The second-order valence-electron chi connectivity index (χ2n) is 7.22. The van der Waals surface area contributed by atoms with E-state index in [2.05, 4.69) is 4.90 Å². The van der Waals surface area contributed by atoms with Crippen molar-refractivity contribution in [3.8, 4) is 0 Å². The van der Waals surface area contributed by atoms with Crippen LogP contribution in [0.3, 0.4) is 0 Å². The number of nitrogens with zero attached hydrogens (tertiary/aromatic N) is 3. The number of likely N-dealkylation sites (tertiary alicyclic amines) is 1. The molecule has 0 saturated carbocycles. The second kappa shape index (κ2) is 6.06. The Morgan fingerprint density at radius 2 is 2.09 bits per heavy atom. The monoisotopic (exact) mass is 335 g/mol. The fraction of sp³-hybridized carbons (Fsp3) is 0.765. The zero-order chi connectivity index (χ0) is 15.9. The SMILES string of the molecule is CN1C[C@]2(CCCN(Cc3nc4c(s3)CCCC4)CC2)OC1=O. The fourth-order valence-corrected chi connectivity index (χ4v) is 5.30. The zero-order valence-electron chi connectivity index (χ0n) is 13.8. The molecule has 0 bridgehead atoms. The molecular weight excluding hydrogens is 310 g/mol. The van der Waals surface area contributed by atoms with Crippen molar-refractivity contribution in [3.63, 3.8) is 0 Å². The number of aryl methyl sites for hydroxylation is 2. The van der Waals surface area contributed by atoms with Crippen LogP contribution in [0.15, 0.2) is 0 Å². The Kier molecular flexibility index (Phi) is 4.05. The summed E-state index contributed by atoms with van der Waals surface area (Å²) >= 11 is 1.91. The number of rotatable bonds is 2. The summed E-state index contributed by atoms with van der Waals surface area (Å²) in [6.07, 6.45) is 7.84. The van der Waals surface area contributed by atoms with Gasteiger partial charge in [0.15, 0.2) is 0 Å². The van der Waals surface area contributed by atoms with Crippen molar-refractivity contribution < 1.29 is 9.53 Å². The first-order valence-corrected chi connectivity index (χ1v) is 9.59. The number of ether oxygens (including phenoxy) is 1. The molecule has 0 aromatic carbocycles. The number of thiazole rings is 1. The van der Waals surface area contributed by atoms with Crippen LogP contribution in [0.5, 0.6) is 0 Å². The Balaban J connectivity index is 1.39. The predicted molar refractivity (Wildman–Crippen MR) is 89.7 cm³/mol. The van der Waals surface area contributed by atoms with E-state index in [1.807, 2.05) is 18.4 Å². The van der Waals surface area contributed by atoms with Crippen LogP contribution in [0.4, 0.5) is 4.79 Å². The van der Waals surface area contributed by atoms with Gasteiger partial charge in [-0.1, -0.05) is 0 Å². The van der Waals surface area contributed by atoms with Gasteiger partial charge < -0.3 is 9.64 Å². The van der Waals surface area contributed by atoms with Gasteiger partial charge in [0.05, 0.1) is 18.8 Å². The van der Waals surface area contributed by atoms with E-state index in [0.29, 0.717) is 0 Å². The number of carbonyl (C=O) groups excluding carboxylic acids is 1. The van der Waals surface area contributed by atoms with Crippen molar-refractivity contribution in [2.24, 2.45) is 0 Å². The maximum absolute atomic E-state index is 11.7. The number of fused-ring (bicyclic) bond motifs is 1. The smallest absolute Gasteiger partial charge is 0.410 e. The van der Waals surface area contributed by atoms with E-state index in [1.165, 1.54) is 34.8 Å². The highest BCUT2D eigenvalue weighted by molar-refractivity contribution is 7.11. The lowest BCUT2D eigenvalue weighted by molar-refractivity contribution is 0.0443. The van der Waals surface area contributed by atoms with Gasteiger partial charge in [-0.15, -0.1) is 11.3 Å². The Labute approximate surface area is 141 Å². The van der Waals surface area contributed by atoms with Crippen LogP contribution in [-0.4, -0.2) is 53.2 Å². The van der Waals surface area contributed by atoms with Crippen LogP contribution >= 0.6 is 11.3 Å². The topological polar surface area (TPSA) is 45.7 Å². The summed E-state index contributed by atoms with van der Waals surface area (Å²) in [7, 11) is 1.83. The highest BCUT2D eigenvalue weighted by atomic mass is 32.1. The molecule has 126 valence electrons. The molecule has 5 nitrogen and oxygen atoms in total. The molecule has 0 unspecified atom stereocenters. The van der Waals surface area contributed by atoms with Gasteiger partial charge in [-0.2, -0.15) is 0 Å². The van der Waals surface area contributed by atoms with Gasteiger partial charge >= 0.3 is 6.09 Å². The van der Waals surface area contributed by atoms with Crippen molar-refractivity contribution in [1.29, 1.82) is 0 Å². The molecule has 1 amide bonds. The van der Waals surface area contributed by atoms with Gasteiger partial charge in [0, 0.05) is 24.9 Å². The molecule has 0 N–H and O–H groups in total. The summed E-state index contributed by atoms with van der Waals surface area (Å²) in [5.41, 5.74) is 1.11. The minimum atomic E-state index is -0.247. The molecular formula is C17H25N3O2S. The molecule has 4 rings (SSSR count). The molecule has 2 saturated heterocycles. The highest BCUT2D eigenvalue weighted by Gasteiger charge is 2.44. The summed E-state index contributed by atoms with van der Waals surface area (Å²) < 4.78 is 5.69. The van der Waals surface area contributed by atoms with E-state index < -0.39 is 0 Å². The standard InChI is InChI=1S/C17H25N3O2S/c1-19-12-17(22-16(19)21)7-4-9-20(10-8-17)11-15-18-13-5-2-3-6-14(13)23-15/h2-12H2,1H3/t17-/m1/s1. The predicted octanol–water partition coefficient (Wildman–Crippen LogP) is 2.83. The quantitative estimate of drug-likeness (QED) is 0.834. The molecule has 1 atom stereocenters. The van der Waals surface area contributed by atoms with Gasteiger partial charge in [0.2, 0.25) is 0 Å². The second-order valence-corrected chi connectivity index (χ2v) is 8.39. The summed E-state index contributed by atoms with van der Waals surface area (Å²) in [5, 5.41) is 1.27. The van der Waals surface area contributed by atoms with Gasteiger partial charge in [-0.05, 0) is 45.1 Å². The number of likely N-dealkylation sites (N-methyl/N-ethyl adjacent to an activating group) is 1. The van der Waals surface area contributed by atoms with Crippen LogP contribution < -0.4 is 0 Å². The first-order chi connectivity index (χ1) is 11.1. The van der Waals surface area contributed by atoms with Crippen molar-refractivity contribution in [1.82, 2.24) is 14.8 Å². The molecule has 1 aliphatic carbocycles. The molecule has 2 aliphatic heterocycles. The van der Waals surface area contributed by atoms with Gasteiger partial charge in [-0.3, -0.25) is 4.90 Å². The number of carbonyl (C=O) groups is 1. The summed E-state index contributed by atoms with van der Waals surface area (Å²) in [6, 6.07) is 0. The maximum Gasteiger partial charge on any atom is 0.410 e. The number of amides is 1. The molecule has 0 radical (unpaired) electrons. The largest absolute Gasteiger partial charge is 0.441 e. The molecule has 3 heterocycles. The first-order valence-electron chi connectivity index (χ1n) is 8.77. The van der Waals surface area contributed by atoms with E-state index >= 15 is 0 Å². The Bertz CT molecular complexity index is 579. The minimum Gasteiger partial charge on any atom is -0.441 e. The lowest BCUT2D eigenvalue weighted by Gasteiger charge is -2.25. The third-order valence-corrected chi connectivity index (χ3v) is 6.52. The molecule has 1 aromatic rings. The van der Waals surface area contributed by atoms with E-state index in [4.69, 9.17) is 9.72 Å². The molecule has 1 spiro atoms. The Morgan fingerprint density at radius 3 is 2.87 bits per heavy atom. The van der Waals surface area contributed by atoms with Gasteiger partial charge in [-0.25, -0.2) is 9.78 Å². The lowest BCUT2D eigenvalue weighted by Crippen LogP contribution is -2.35. The van der Waals surface area contributed by atoms with Crippen LogP contribution in [0, 0.1) is 0 Å². The van der Waals surface area contributed by atoms with E-state index in [-0.39, 0.29) is 11.7 Å². The van der Waals surface area contributed by atoms with Crippen molar-refractivity contribution in [2.45, 2.75) is 57.1 Å². The average Bonchev–Trinajstić information content (AvgIpc) is 2.99. The van der Waals surface area contributed by atoms with E-state index in [9.17, 15) is 4.79 Å². The first kappa shape index (κ1) is 15.4. The summed E-state index contributed by atoms with van der Waals surface area (Å²) in [6.45, 7) is 3.77. The van der Waals surface area contributed by atoms with Crippen molar-refractivity contribution in [2.75, 3.05) is 26.7 Å².